The average Bonchev–Trinajstić information content (AvgIpc) is 3.89. The van der Waals surface area contributed by atoms with Gasteiger partial charge >= 0.3 is 12.4 Å². The summed E-state index contributed by atoms with van der Waals surface area (Å²) in [5.41, 5.74) is 4.12. The molecule has 0 amide bonds. The number of nitriles is 3. The topological polar surface area (TPSA) is 81.2 Å². The normalized spacial score (nSPS) is 11.8. The monoisotopic (exact) mass is 923 g/mol. The van der Waals surface area contributed by atoms with E-state index in [1.165, 1.54) is 18.2 Å². The van der Waals surface area contributed by atoms with Crippen LogP contribution in [-0.2, 0) is 12.4 Å². The molecule has 0 fully saturated rings. The van der Waals surface area contributed by atoms with Crippen LogP contribution in [0.3, 0.4) is 0 Å². The number of nitrogens with zero attached hydrogens (tertiary/aromatic N) is 5. The van der Waals surface area contributed by atoms with Crippen LogP contribution in [0.4, 0.5) is 26.3 Å². The van der Waals surface area contributed by atoms with Crippen LogP contribution in [0.15, 0.2) is 188 Å². The molecule has 0 N–H and O–H groups in total. The van der Waals surface area contributed by atoms with Crippen LogP contribution in [0, 0.1) is 34.0 Å². The van der Waals surface area contributed by atoms with Gasteiger partial charge in [0.15, 0.2) is 0 Å². The minimum absolute atomic E-state index is 0.118. The lowest BCUT2D eigenvalue weighted by Crippen LogP contribution is -2.14. The maximum Gasteiger partial charge on any atom is 0.417 e. The Kier molecular flexibility index (Phi) is 10.2. The Morgan fingerprint density at radius 1 is 0.343 bits per heavy atom. The fourth-order valence-electron chi connectivity index (χ4n) is 9.89. The van der Waals surface area contributed by atoms with Crippen molar-refractivity contribution in [1.82, 2.24) is 9.13 Å². The molecule has 0 atom stereocenters. The molecule has 2 aromatic heterocycles. The van der Waals surface area contributed by atoms with Gasteiger partial charge in [-0.25, -0.2) is 0 Å². The molecule has 11 rings (SSSR count). The second-order valence-corrected chi connectivity index (χ2v) is 16.8. The molecule has 11 aromatic rings. The fourth-order valence-corrected chi connectivity index (χ4v) is 9.89. The Morgan fingerprint density at radius 3 is 1.31 bits per heavy atom. The maximum atomic E-state index is 15.0. The molecule has 0 saturated carbocycles. The summed E-state index contributed by atoms with van der Waals surface area (Å²) in [5, 5.41) is 33.6. The van der Waals surface area contributed by atoms with Crippen LogP contribution in [0.5, 0.6) is 0 Å². The van der Waals surface area contributed by atoms with E-state index in [-0.39, 0.29) is 22.3 Å². The zero-order valence-corrected chi connectivity index (χ0v) is 36.4. The van der Waals surface area contributed by atoms with Crippen LogP contribution in [-0.4, -0.2) is 9.13 Å². The van der Waals surface area contributed by atoms with Crippen LogP contribution >= 0.6 is 0 Å². The summed E-state index contributed by atoms with van der Waals surface area (Å²) in [6, 6.07) is 59.2. The zero-order valence-electron chi connectivity index (χ0n) is 36.4. The van der Waals surface area contributed by atoms with Gasteiger partial charge in [0.05, 0.1) is 79.5 Å². The van der Waals surface area contributed by atoms with E-state index >= 15 is 0 Å². The highest BCUT2D eigenvalue weighted by molar-refractivity contribution is 6.13. The third-order valence-corrected chi connectivity index (χ3v) is 12.9. The molecule has 0 spiro atoms. The first-order valence-electron chi connectivity index (χ1n) is 21.9. The van der Waals surface area contributed by atoms with Gasteiger partial charge in [0.2, 0.25) is 0 Å². The SMILES string of the molecule is N#Cc1cccc(-c2ccc3c(c2)c2ccccc2n3-c2ccc(-c3c(C(F)(F)F)cccc3C(F)(F)F)cc2-c2c(C#N)cccc2-n2c3ccccc3c3cc(-c4cccc(C#N)c4)ccc32)c1. The highest BCUT2D eigenvalue weighted by atomic mass is 19.4. The first kappa shape index (κ1) is 43.2. The number of hydrogen-bond acceptors (Lipinski definition) is 3. The van der Waals surface area contributed by atoms with E-state index in [0.717, 1.165) is 55.4 Å². The number of rotatable bonds is 6. The van der Waals surface area contributed by atoms with Crippen molar-refractivity contribution in [2.24, 2.45) is 0 Å². The Labute approximate surface area is 395 Å². The van der Waals surface area contributed by atoms with E-state index in [2.05, 4.69) is 18.2 Å². The summed E-state index contributed by atoms with van der Waals surface area (Å²) >= 11 is 0. The summed E-state index contributed by atoms with van der Waals surface area (Å²) < 4.78 is 93.7. The van der Waals surface area contributed by atoms with Crippen molar-refractivity contribution in [2.45, 2.75) is 12.4 Å². The van der Waals surface area contributed by atoms with Crippen LogP contribution < -0.4 is 0 Å². The average molecular weight is 924 g/mol. The first-order chi connectivity index (χ1) is 33.9. The van der Waals surface area contributed by atoms with Crippen molar-refractivity contribution in [2.75, 3.05) is 0 Å². The summed E-state index contributed by atoms with van der Waals surface area (Å²) in [6.45, 7) is 0. The largest absolute Gasteiger partial charge is 0.417 e. The molecular weight excluding hydrogens is 893 g/mol. The molecule has 0 bridgehead atoms. The van der Waals surface area contributed by atoms with Crippen LogP contribution in [0.2, 0.25) is 0 Å². The Hall–Kier alpha value is -9.37. The highest BCUT2D eigenvalue weighted by Gasteiger charge is 2.41. The Bertz CT molecular complexity index is 4060. The molecule has 334 valence electrons. The van der Waals surface area contributed by atoms with E-state index in [1.54, 1.807) is 48.5 Å². The van der Waals surface area contributed by atoms with Gasteiger partial charge in [0.1, 0.15) is 0 Å². The van der Waals surface area contributed by atoms with E-state index in [9.17, 15) is 42.1 Å². The minimum atomic E-state index is -5.17. The number of halogens is 6. The van der Waals surface area contributed by atoms with Gasteiger partial charge in [-0.15, -0.1) is 0 Å². The molecule has 0 saturated heterocycles. The standard InChI is InChI=1S/C59H31F6N5/c60-58(61,62)48-16-8-17-49(59(63,64)65)57(48)41-23-26-54(69-50-18-3-1-14-43(50)45-29-39(21-24-52(45)69)37-11-5-9-35(27-37)32-66)47(31-41)56-42(34-68)13-7-20-55(56)70-51-19-4-2-15-44(51)46-30-40(22-25-53(46)70)38-12-6-10-36(28-38)33-67/h1-31H. The van der Waals surface area contributed by atoms with Gasteiger partial charge in [0.25, 0.3) is 0 Å². The fraction of sp³-hybridized carbons (Fsp3) is 0.0339. The summed E-state index contributed by atoms with van der Waals surface area (Å²) in [4.78, 5) is 0. The number of benzene rings is 9. The lowest BCUT2D eigenvalue weighted by Gasteiger charge is -2.23. The molecule has 2 heterocycles. The smallest absolute Gasteiger partial charge is 0.309 e. The highest BCUT2D eigenvalue weighted by Crippen LogP contribution is 2.48. The van der Waals surface area contributed by atoms with Gasteiger partial charge in [-0.3, -0.25) is 0 Å². The molecule has 5 nitrogen and oxygen atoms in total. The molecule has 11 heteroatoms. The van der Waals surface area contributed by atoms with Gasteiger partial charge in [0, 0.05) is 38.2 Å². The lowest BCUT2D eigenvalue weighted by atomic mass is 9.89. The number of para-hydroxylation sites is 2. The maximum absolute atomic E-state index is 15.0. The van der Waals surface area contributed by atoms with Gasteiger partial charge in [-0.05, 0) is 125 Å². The van der Waals surface area contributed by atoms with Gasteiger partial charge < -0.3 is 9.13 Å². The minimum Gasteiger partial charge on any atom is -0.309 e. The van der Waals surface area contributed by atoms with Gasteiger partial charge in [-0.1, -0.05) is 91.0 Å². The summed E-state index contributed by atoms with van der Waals surface area (Å²) in [7, 11) is 0. The Balaban J connectivity index is 1.25. The van der Waals surface area contributed by atoms with Gasteiger partial charge in [-0.2, -0.15) is 42.1 Å². The number of hydrogen-bond donors (Lipinski definition) is 0. The van der Waals surface area contributed by atoms with Crippen molar-refractivity contribution in [3.8, 4) is 74.1 Å². The number of fused-ring (bicyclic) bond motifs is 6. The van der Waals surface area contributed by atoms with E-state index < -0.39 is 29.0 Å². The third kappa shape index (κ3) is 7.10. The molecule has 0 unspecified atom stereocenters. The molecule has 0 aliphatic heterocycles. The van der Waals surface area contributed by atoms with Crippen LogP contribution in [0.1, 0.15) is 27.8 Å². The predicted molar refractivity (Wildman–Crippen MR) is 261 cm³/mol. The molecule has 0 aliphatic rings. The van der Waals surface area contributed by atoms with Crippen LogP contribution in [0.25, 0.3) is 99.5 Å². The second-order valence-electron chi connectivity index (χ2n) is 16.8. The number of alkyl halides is 6. The number of aromatic nitrogens is 2. The first-order valence-corrected chi connectivity index (χ1v) is 21.9. The zero-order chi connectivity index (χ0) is 48.5. The molecular formula is C59H31F6N5. The second kappa shape index (κ2) is 16.4. The predicted octanol–water partition coefficient (Wildman–Crippen LogP) is 16.2. The lowest BCUT2D eigenvalue weighted by molar-refractivity contribution is -0.142. The van der Waals surface area contributed by atoms with Crippen molar-refractivity contribution < 1.29 is 26.3 Å². The van der Waals surface area contributed by atoms with Crippen molar-refractivity contribution in [3.05, 3.63) is 216 Å². The van der Waals surface area contributed by atoms with E-state index in [1.807, 2.05) is 112 Å². The molecule has 9 aromatic carbocycles. The Morgan fingerprint density at radius 2 is 0.800 bits per heavy atom. The van der Waals surface area contributed by atoms with E-state index in [4.69, 9.17) is 0 Å². The quantitative estimate of drug-likeness (QED) is 0.156. The third-order valence-electron chi connectivity index (χ3n) is 12.9. The summed E-state index contributed by atoms with van der Waals surface area (Å²) in [6.07, 6.45) is -10.3. The van der Waals surface area contributed by atoms with Crippen molar-refractivity contribution in [1.29, 1.82) is 15.8 Å². The van der Waals surface area contributed by atoms with E-state index in [0.29, 0.717) is 51.2 Å². The molecule has 0 radical (unpaired) electrons. The molecule has 70 heavy (non-hydrogen) atoms. The van der Waals surface area contributed by atoms with Crippen molar-refractivity contribution >= 4 is 43.6 Å². The van der Waals surface area contributed by atoms with Crippen molar-refractivity contribution in [3.63, 3.8) is 0 Å². The molecule has 0 aliphatic carbocycles. The summed E-state index contributed by atoms with van der Waals surface area (Å²) in [5.74, 6) is 0.